The fourth-order valence-electron chi connectivity index (χ4n) is 6.04. The number of hydrogen-bond donors (Lipinski definition) is 1. The minimum Gasteiger partial charge on any atom is -0.496 e. The van der Waals surface area contributed by atoms with Gasteiger partial charge in [0.05, 0.1) is 18.6 Å². The van der Waals surface area contributed by atoms with E-state index in [1.165, 1.54) is 5.56 Å². The smallest absolute Gasteiger partial charge is 0.243 e. The monoisotopic (exact) mass is 520 g/mol. The van der Waals surface area contributed by atoms with E-state index in [1.54, 1.807) is 23.5 Å². The van der Waals surface area contributed by atoms with Gasteiger partial charge in [0.25, 0.3) is 0 Å². The number of benzene rings is 3. The normalized spacial score (nSPS) is 23.0. The Balaban J connectivity index is 1.45. The molecule has 6 nitrogen and oxygen atoms in total. The quantitative estimate of drug-likeness (QED) is 0.515. The molecule has 0 amide bonds. The van der Waals surface area contributed by atoms with Crippen LogP contribution in [0.2, 0.25) is 0 Å². The number of nitrogens with zero attached hydrogens (tertiary/aromatic N) is 2. The Hall–Kier alpha value is -2.71. The van der Waals surface area contributed by atoms with E-state index in [0.29, 0.717) is 18.0 Å². The molecule has 0 bridgehead atoms. The van der Waals surface area contributed by atoms with Gasteiger partial charge in [-0.25, -0.2) is 8.42 Å². The van der Waals surface area contributed by atoms with E-state index in [4.69, 9.17) is 4.74 Å². The summed E-state index contributed by atoms with van der Waals surface area (Å²) >= 11 is 0. The zero-order valence-electron chi connectivity index (χ0n) is 21.8. The van der Waals surface area contributed by atoms with Crippen molar-refractivity contribution in [1.29, 1.82) is 0 Å². The summed E-state index contributed by atoms with van der Waals surface area (Å²) in [6, 6.07) is 21.8. The van der Waals surface area contributed by atoms with Crippen LogP contribution in [0.5, 0.6) is 5.75 Å². The molecule has 0 aliphatic carbocycles. The Morgan fingerprint density at radius 3 is 2.41 bits per heavy atom. The van der Waals surface area contributed by atoms with Crippen LogP contribution in [0.15, 0.2) is 71.6 Å². The Morgan fingerprint density at radius 2 is 1.70 bits per heavy atom. The van der Waals surface area contributed by atoms with Crippen molar-refractivity contribution in [2.45, 2.75) is 49.6 Å². The molecule has 2 aliphatic heterocycles. The highest BCUT2D eigenvalue weighted by atomic mass is 32.2. The summed E-state index contributed by atoms with van der Waals surface area (Å²) in [4.78, 5) is 2.69. The van der Waals surface area contributed by atoms with Gasteiger partial charge >= 0.3 is 0 Å². The average Bonchev–Trinajstić information content (AvgIpc) is 2.88. The van der Waals surface area contributed by atoms with Gasteiger partial charge in [0.15, 0.2) is 0 Å². The maximum absolute atomic E-state index is 13.7. The second kappa shape index (κ2) is 10.6. The van der Waals surface area contributed by atoms with E-state index in [2.05, 4.69) is 42.2 Å². The molecule has 7 heteroatoms. The third kappa shape index (κ3) is 4.81. The highest BCUT2D eigenvalue weighted by molar-refractivity contribution is 7.89. The maximum atomic E-state index is 13.7. The Labute approximate surface area is 220 Å². The number of ether oxygens (including phenoxy) is 1. The molecule has 2 heterocycles. The highest BCUT2D eigenvalue weighted by Gasteiger charge is 2.50. The summed E-state index contributed by atoms with van der Waals surface area (Å²) in [7, 11) is -1.93. The summed E-state index contributed by atoms with van der Waals surface area (Å²) < 4.78 is 34.6. The van der Waals surface area contributed by atoms with Crippen LogP contribution in [0.1, 0.15) is 35.4 Å². The summed E-state index contributed by atoms with van der Waals surface area (Å²) in [5.74, 6) is 0.893. The predicted octanol–water partition coefficient (Wildman–Crippen LogP) is 4.59. The molecule has 37 heavy (non-hydrogen) atoms. The van der Waals surface area contributed by atoms with Gasteiger partial charge in [-0.15, -0.1) is 0 Å². The van der Waals surface area contributed by atoms with E-state index in [9.17, 15) is 13.5 Å². The molecule has 5 rings (SSSR count). The third-order valence-electron chi connectivity index (χ3n) is 8.01. The fourth-order valence-corrected chi connectivity index (χ4v) is 7.77. The number of aliphatic hydroxyl groups is 1. The van der Waals surface area contributed by atoms with Gasteiger partial charge in [-0.3, -0.25) is 4.90 Å². The van der Waals surface area contributed by atoms with Gasteiger partial charge in [0.1, 0.15) is 5.75 Å². The van der Waals surface area contributed by atoms with Crippen molar-refractivity contribution in [2.75, 3.05) is 33.4 Å². The van der Waals surface area contributed by atoms with E-state index in [0.717, 1.165) is 47.4 Å². The standard InChI is InChI=1S/C30H36N2O4S/c1-21-10-15-28(36-3)25(18-21)23-11-13-24(14-12-23)30-26-19-31(16-6-7-17-32(26)27(30)20-33)37(34,35)29-9-5-4-8-22(29)2/h4-5,8-15,18,26-27,30,33H,6-7,16-17,19-20H2,1-3H3/t26-,27?,30-/m0/s1. The first kappa shape index (κ1) is 25.9. The molecule has 1 unspecified atom stereocenters. The van der Waals surface area contributed by atoms with Crippen LogP contribution >= 0.6 is 0 Å². The first-order valence-electron chi connectivity index (χ1n) is 13.0. The number of fused-ring (bicyclic) bond motifs is 1. The van der Waals surface area contributed by atoms with Crippen molar-refractivity contribution in [2.24, 2.45) is 0 Å². The molecule has 0 aromatic heterocycles. The van der Waals surface area contributed by atoms with Crippen LogP contribution in [-0.2, 0) is 10.0 Å². The van der Waals surface area contributed by atoms with Crippen LogP contribution in [0.25, 0.3) is 11.1 Å². The Bertz CT molecular complexity index is 1360. The second-order valence-corrected chi connectivity index (χ2v) is 12.1. The topological polar surface area (TPSA) is 70.1 Å². The van der Waals surface area contributed by atoms with Crippen LogP contribution in [0.3, 0.4) is 0 Å². The van der Waals surface area contributed by atoms with Crippen molar-refractivity contribution in [1.82, 2.24) is 9.21 Å². The lowest BCUT2D eigenvalue weighted by molar-refractivity contribution is -0.0553. The number of hydrogen-bond acceptors (Lipinski definition) is 5. The lowest BCUT2D eigenvalue weighted by Crippen LogP contribution is -2.67. The summed E-state index contributed by atoms with van der Waals surface area (Å²) in [5.41, 5.74) is 5.18. The van der Waals surface area contributed by atoms with Gasteiger partial charge in [-0.1, -0.05) is 54.1 Å². The van der Waals surface area contributed by atoms with Crippen LogP contribution < -0.4 is 4.74 Å². The van der Waals surface area contributed by atoms with Crippen molar-refractivity contribution in [3.8, 4) is 16.9 Å². The van der Waals surface area contributed by atoms with E-state index in [-0.39, 0.29) is 24.6 Å². The van der Waals surface area contributed by atoms with E-state index < -0.39 is 10.0 Å². The first-order valence-corrected chi connectivity index (χ1v) is 14.5. The number of aliphatic hydroxyl groups excluding tert-OH is 1. The molecule has 0 spiro atoms. The third-order valence-corrected chi connectivity index (χ3v) is 10.0. The molecule has 2 fully saturated rings. The van der Waals surface area contributed by atoms with E-state index >= 15 is 0 Å². The molecule has 2 saturated heterocycles. The van der Waals surface area contributed by atoms with Gasteiger partial charge in [-0.2, -0.15) is 4.31 Å². The van der Waals surface area contributed by atoms with Crippen LogP contribution in [-0.4, -0.2) is 68.2 Å². The first-order chi connectivity index (χ1) is 17.8. The molecule has 1 N–H and O–H groups in total. The maximum Gasteiger partial charge on any atom is 0.243 e. The predicted molar refractivity (Wildman–Crippen MR) is 146 cm³/mol. The zero-order valence-corrected chi connectivity index (χ0v) is 22.6. The molecule has 0 radical (unpaired) electrons. The van der Waals surface area contributed by atoms with Gasteiger partial charge in [0, 0.05) is 36.7 Å². The number of methoxy groups -OCH3 is 1. The van der Waals surface area contributed by atoms with Gasteiger partial charge in [0.2, 0.25) is 10.0 Å². The summed E-state index contributed by atoms with van der Waals surface area (Å²) in [6.45, 7) is 5.79. The number of rotatable bonds is 6. The van der Waals surface area contributed by atoms with Gasteiger partial charge in [-0.05, 0) is 68.1 Å². The SMILES string of the molecule is COc1ccc(C)cc1-c1ccc([C@@H]2C(CO)N3CCCCN(S(=O)(=O)c4ccccc4C)C[C@@H]23)cc1. The van der Waals surface area contributed by atoms with Gasteiger partial charge < -0.3 is 9.84 Å². The largest absolute Gasteiger partial charge is 0.496 e. The van der Waals surface area contributed by atoms with Crippen LogP contribution in [0.4, 0.5) is 0 Å². The highest BCUT2D eigenvalue weighted by Crippen LogP contribution is 2.43. The van der Waals surface area contributed by atoms with Crippen LogP contribution in [0, 0.1) is 13.8 Å². The summed E-state index contributed by atoms with van der Waals surface area (Å²) in [5, 5.41) is 10.3. The van der Waals surface area contributed by atoms with E-state index in [1.807, 2.05) is 31.2 Å². The second-order valence-electron chi connectivity index (χ2n) is 10.2. The molecule has 3 aromatic rings. The average molecular weight is 521 g/mol. The lowest BCUT2D eigenvalue weighted by Gasteiger charge is -2.57. The fraction of sp³-hybridized carbons (Fsp3) is 0.400. The molecule has 196 valence electrons. The Morgan fingerprint density at radius 1 is 0.973 bits per heavy atom. The van der Waals surface area contributed by atoms with Crippen molar-refractivity contribution in [3.05, 3.63) is 83.4 Å². The van der Waals surface area contributed by atoms with Crippen molar-refractivity contribution in [3.63, 3.8) is 0 Å². The zero-order chi connectivity index (χ0) is 26.2. The molecule has 0 saturated carbocycles. The minimum absolute atomic E-state index is 0.00882. The Kier molecular flexibility index (Phi) is 7.41. The lowest BCUT2D eigenvalue weighted by atomic mass is 9.74. The molecule has 2 aliphatic rings. The molecule has 3 aromatic carbocycles. The molecule has 3 atom stereocenters. The molecular formula is C30H36N2O4S. The molecular weight excluding hydrogens is 484 g/mol. The number of sulfonamides is 1. The minimum atomic E-state index is -3.61. The summed E-state index contributed by atoms with van der Waals surface area (Å²) in [6.07, 6.45) is 1.72. The number of aryl methyl sites for hydroxylation is 2. The van der Waals surface area contributed by atoms with Crippen molar-refractivity contribution < 1.29 is 18.3 Å². The van der Waals surface area contributed by atoms with Crippen molar-refractivity contribution >= 4 is 10.0 Å².